The van der Waals surface area contributed by atoms with Crippen molar-refractivity contribution in [2.24, 2.45) is 0 Å². The number of nitrogens with one attached hydrogen (secondary N) is 2. The van der Waals surface area contributed by atoms with Crippen LogP contribution in [0.3, 0.4) is 0 Å². The standard InChI is InChI=1S/C29H32N6O4S2/c1-38-22-13-7-5-9-18(22)16-24(36)30-28-34-32-26(40-28)20-11-3-4-12-21(15-20)27-33-35-29(41-27)31-25(37)17-19-10-6-8-14-23(19)39-2/h5-10,13-14,20-21H,3-4,11-12,15-17H2,1-2H3,(H,30,34,36)(H,31,35,37). The Hall–Kier alpha value is -3.90. The van der Waals surface area contributed by atoms with Gasteiger partial charge in [0, 0.05) is 23.0 Å². The highest BCUT2D eigenvalue weighted by atomic mass is 32.1. The first-order valence-corrected chi connectivity index (χ1v) is 15.2. The molecule has 2 heterocycles. The number of carbonyl (C=O) groups is 2. The molecule has 4 aromatic rings. The third-order valence-electron chi connectivity index (χ3n) is 7.08. The third kappa shape index (κ3) is 7.44. The van der Waals surface area contributed by atoms with Gasteiger partial charge in [-0.05, 0) is 31.4 Å². The van der Waals surface area contributed by atoms with Gasteiger partial charge in [0.25, 0.3) is 0 Å². The molecule has 214 valence electrons. The van der Waals surface area contributed by atoms with Crippen LogP contribution in [0.15, 0.2) is 48.5 Å². The van der Waals surface area contributed by atoms with Crippen LogP contribution < -0.4 is 20.1 Å². The Labute approximate surface area is 246 Å². The van der Waals surface area contributed by atoms with Gasteiger partial charge in [-0.3, -0.25) is 9.59 Å². The van der Waals surface area contributed by atoms with E-state index >= 15 is 0 Å². The van der Waals surface area contributed by atoms with Crippen molar-refractivity contribution < 1.29 is 19.1 Å². The molecule has 2 aromatic carbocycles. The zero-order valence-electron chi connectivity index (χ0n) is 23.0. The smallest absolute Gasteiger partial charge is 0.230 e. The molecule has 2 amide bonds. The summed E-state index contributed by atoms with van der Waals surface area (Å²) in [6.45, 7) is 0. The summed E-state index contributed by atoms with van der Waals surface area (Å²) in [6, 6.07) is 14.9. The molecule has 41 heavy (non-hydrogen) atoms. The Morgan fingerprint density at radius 2 is 1.17 bits per heavy atom. The molecule has 2 N–H and O–H groups in total. The van der Waals surface area contributed by atoms with Gasteiger partial charge < -0.3 is 20.1 Å². The van der Waals surface area contributed by atoms with Crippen LogP contribution in [0.1, 0.15) is 65.1 Å². The number of methoxy groups -OCH3 is 2. The summed E-state index contributed by atoms with van der Waals surface area (Å²) in [6.07, 6.45) is 5.42. The normalized spacial score (nSPS) is 16.9. The maximum atomic E-state index is 12.7. The summed E-state index contributed by atoms with van der Waals surface area (Å²) in [5.74, 6) is 1.47. The number of rotatable bonds is 10. The van der Waals surface area contributed by atoms with Crippen LogP contribution in [0.25, 0.3) is 0 Å². The van der Waals surface area contributed by atoms with Gasteiger partial charge in [-0.25, -0.2) is 0 Å². The summed E-state index contributed by atoms with van der Waals surface area (Å²) in [5.41, 5.74) is 1.63. The van der Waals surface area contributed by atoms with Crippen LogP contribution in [-0.4, -0.2) is 46.4 Å². The number of nitrogens with zero attached hydrogens (tertiary/aromatic N) is 4. The van der Waals surface area contributed by atoms with Gasteiger partial charge in [-0.1, -0.05) is 71.9 Å². The quantitative estimate of drug-likeness (QED) is 0.228. The predicted octanol–water partition coefficient (Wildman–Crippen LogP) is 5.60. The van der Waals surface area contributed by atoms with Gasteiger partial charge in [0.05, 0.1) is 27.1 Å². The van der Waals surface area contributed by atoms with Crippen LogP contribution in [0.2, 0.25) is 0 Å². The minimum Gasteiger partial charge on any atom is -0.496 e. The van der Waals surface area contributed by atoms with Gasteiger partial charge >= 0.3 is 0 Å². The summed E-state index contributed by atoms with van der Waals surface area (Å²) in [5, 5.41) is 26.0. The largest absolute Gasteiger partial charge is 0.496 e. The van der Waals surface area contributed by atoms with Crippen molar-refractivity contribution in [1.82, 2.24) is 20.4 Å². The predicted molar refractivity (Wildman–Crippen MR) is 159 cm³/mol. The first kappa shape index (κ1) is 28.6. The van der Waals surface area contributed by atoms with Crippen molar-refractivity contribution in [1.29, 1.82) is 0 Å². The van der Waals surface area contributed by atoms with Crippen LogP contribution >= 0.6 is 22.7 Å². The molecule has 0 aliphatic heterocycles. The minimum atomic E-state index is -0.162. The van der Waals surface area contributed by atoms with E-state index in [-0.39, 0.29) is 36.5 Å². The monoisotopic (exact) mass is 592 g/mol. The van der Waals surface area contributed by atoms with Gasteiger partial charge in [-0.15, -0.1) is 20.4 Å². The highest BCUT2D eigenvalue weighted by molar-refractivity contribution is 7.15. The Bertz CT molecular complexity index is 1380. The molecule has 2 aromatic heterocycles. The van der Waals surface area contributed by atoms with Crippen LogP contribution in [0.5, 0.6) is 11.5 Å². The van der Waals surface area contributed by atoms with Crippen molar-refractivity contribution in [3.63, 3.8) is 0 Å². The minimum absolute atomic E-state index is 0.162. The number of hydrogen-bond donors (Lipinski definition) is 2. The van der Waals surface area contributed by atoms with E-state index in [1.54, 1.807) is 14.2 Å². The molecule has 12 heteroatoms. The zero-order valence-corrected chi connectivity index (χ0v) is 24.6. The molecular formula is C29H32N6O4S2. The fourth-order valence-corrected chi connectivity index (χ4v) is 6.89. The topological polar surface area (TPSA) is 128 Å². The van der Waals surface area contributed by atoms with E-state index < -0.39 is 0 Å². The lowest BCUT2D eigenvalue weighted by Gasteiger charge is -2.15. The average Bonchev–Trinajstić information content (AvgIpc) is 3.57. The molecule has 1 aliphatic rings. The zero-order chi connectivity index (χ0) is 28.6. The highest BCUT2D eigenvalue weighted by Crippen LogP contribution is 2.42. The van der Waals surface area contributed by atoms with Crippen molar-refractivity contribution in [3.8, 4) is 11.5 Å². The van der Waals surface area contributed by atoms with Gasteiger partial charge in [0.15, 0.2) is 0 Å². The number of anilines is 2. The highest BCUT2D eigenvalue weighted by Gasteiger charge is 2.28. The maximum Gasteiger partial charge on any atom is 0.230 e. The summed E-state index contributed by atoms with van der Waals surface area (Å²) in [4.78, 5) is 25.3. The van der Waals surface area contributed by atoms with E-state index in [4.69, 9.17) is 9.47 Å². The van der Waals surface area contributed by atoms with E-state index in [1.807, 2.05) is 48.5 Å². The molecular weight excluding hydrogens is 560 g/mol. The Morgan fingerprint density at radius 1 is 0.732 bits per heavy atom. The molecule has 0 bridgehead atoms. The lowest BCUT2D eigenvalue weighted by Crippen LogP contribution is -2.14. The second kappa shape index (κ2) is 13.6. The third-order valence-corrected chi connectivity index (χ3v) is 9.09. The van der Waals surface area contributed by atoms with Gasteiger partial charge in [-0.2, -0.15) is 0 Å². The van der Waals surface area contributed by atoms with E-state index in [0.717, 1.165) is 53.2 Å². The van der Waals surface area contributed by atoms with E-state index in [1.165, 1.54) is 22.7 Å². The lowest BCUT2D eigenvalue weighted by molar-refractivity contribution is -0.116. The molecule has 1 saturated carbocycles. The fraction of sp³-hybridized carbons (Fsp3) is 0.379. The molecule has 2 unspecified atom stereocenters. The first-order chi connectivity index (χ1) is 20.0. The molecule has 0 spiro atoms. The van der Waals surface area contributed by atoms with Crippen molar-refractivity contribution in [3.05, 3.63) is 69.7 Å². The SMILES string of the molecule is COc1ccccc1CC(=O)Nc1nnc(C2CCCCC(c3nnc(NC(=O)Cc4ccccc4OC)s3)C2)s1. The second-order valence-electron chi connectivity index (χ2n) is 9.88. The van der Waals surface area contributed by atoms with Crippen molar-refractivity contribution in [2.75, 3.05) is 24.9 Å². The number of ether oxygens (including phenoxy) is 2. The molecule has 10 nitrogen and oxygen atoms in total. The number of para-hydroxylation sites is 2. The summed E-state index contributed by atoms with van der Waals surface area (Å²) < 4.78 is 10.7. The molecule has 5 rings (SSSR count). The number of carbonyl (C=O) groups excluding carboxylic acids is 2. The molecule has 0 saturated heterocycles. The first-order valence-electron chi connectivity index (χ1n) is 13.5. The number of aromatic nitrogens is 4. The molecule has 2 atom stereocenters. The molecule has 1 aliphatic carbocycles. The van der Waals surface area contributed by atoms with E-state index in [9.17, 15) is 9.59 Å². The van der Waals surface area contributed by atoms with E-state index in [0.29, 0.717) is 21.8 Å². The number of benzene rings is 2. The van der Waals surface area contributed by atoms with E-state index in [2.05, 4.69) is 31.0 Å². The Morgan fingerprint density at radius 3 is 1.61 bits per heavy atom. The summed E-state index contributed by atoms with van der Waals surface area (Å²) >= 11 is 2.85. The van der Waals surface area contributed by atoms with Crippen LogP contribution in [-0.2, 0) is 22.4 Å². The average molecular weight is 593 g/mol. The number of hydrogen-bond acceptors (Lipinski definition) is 10. The van der Waals surface area contributed by atoms with Gasteiger partial charge in [0.1, 0.15) is 21.5 Å². The second-order valence-corrected chi connectivity index (χ2v) is 11.9. The van der Waals surface area contributed by atoms with Crippen molar-refractivity contribution >= 4 is 44.8 Å². The van der Waals surface area contributed by atoms with Gasteiger partial charge in [0.2, 0.25) is 22.1 Å². The molecule has 0 radical (unpaired) electrons. The Balaban J connectivity index is 1.18. The summed E-state index contributed by atoms with van der Waals surface area (Å²) in [7, 11) is 3.19. The van der Waals surface area contributed by atoms with Crippen LogP contribution in [0.4, 0.5) is 10.3 Å². The number of amides is 2. The fourth-order valence-electron chi connectivity index (χ4n) is 5.08. The van der Waals surface area contributed by atoms with Crippen molar-refractivity contribution in [2.45, 2.75) is 56.8 Å². The maximum absolute atomic E-state index is 12.7. The van der Waals surface area contributed by atoms with Crippen LogP contribution in [0, 0.1) is 0 Å². The lowest BCUT2D eigenvalue weighted by atomic mass is 9.94. The molecule has 1 fully saturated rings. The Kier molecular flexibility index (Phi) is 9.52.